The van der Waals surface area contributed by atoms with Crippen LogP contribution in [-0.4, -0.2) is 50.9 Å². The van der Waals surface area contributed by atoms with Crippen molar-refractivity contribution in [3.63, 3.8) is 0 Å². The van der Waals surface area contributed by atoms with Crippen molar-refractivity contribution in [1.29, 1.82) is 0 Å². The summed E-state index contributed by atoms with van der Waals surface area (Å²) in [5.74, 6) is 1.47. The number of methoxy groups -OCH3 is 1. The van der Waals surface area contributed by atoms with Crippen LogP contribution in [0.2, 0.25) is 0 Å². The predicted octanol–water partition coefficient (Wildman–Crippen LogP) is 0.268. The maximum Gasteiger partial charge on any atom is 0.213 e. The Morgan fingerprint density at radius 1 is 1.15 bits per heavy atom. The highest BCUT2D eigenvalue weighted by molar-refractivity contribution is 7.89. The van der Waals surface area contributed by atoms with Gasteiger partial charge in [-0.1, -0.05) is 6.92 Å². The number of anilines is 2. The van der Waals surface area contributed by atoms with Gasteiger partial charge >= 0.3 is 0 Å². The predicted molar refractivity (Wildman–Crippen MR) is 78.7 cm³/mol. The van der Waals surface area contributed by atoms with E-state index >= 15 is 0 Å². The molecule has 0 aliphatic carbocycles. The first-order chi connectivity index (χ1) is 9.54. The lowest BCUT2D eigenvalue weighted by Gasteiger charge is -2.13. The van der Waals surface area contributed by atoms with Gasteiger partial charge in [0, 0.05) is 19.6 Å². The van der Waals surface area contributed by atoms with Gasteiger partial charge in [-0.05, 0) is 6.92 Å². The largest absolute Gasteiger partial charge is 0.490 e. The summed E-state index contributed by atoms with van der Waals surface area (Å²) in [6.07, 6.45) is 1.39. The summed E-state index contributed by atoms with van der Waals surface area (Å²) >= 11 is 0. The molecule has 9 heteroatoms. The van der Waals surface area contributed by atoms with Crippen LogP contribution in [0.25, 0.3) is 0 Å². The SMILES string of the molecule is CCNc1ncnc(NCCS(=O)(=O)NCC)c1OC. The minimum absolute atomic E-state index is 0.0372. The van der Waals surface area contributed by atoms with Crippen LogP contribution in [0.1, 0.15) is 13.8 Å². The summed E-state index contributed by atoms with van der Waals surface area (Å²) in [7, 11) is -1.74. The highest BCUT2D eigenvalue weighted by Crippen LogP contribution is 2.28. The number of rotatable bonds is 9. The number of hydrogen-bond acceptors (Lipinski definition) is 7. The summed E-state index contributed by atoms with van der Waals surface area (Å²) in [4.78, 5) is 8.12. The van der Waals surface area contributed by atoms with E-state index in [1.807, 2.05) is 6.92 Å². The molecule has 1 rings (SSSR count). The van der Waals surface area contributed by atoms with Crippen LogP contribution >= 0.6 is 0 Å². The number of aromatic nitrogens is 2. The van der Waals surface area contributed by atoms with Crippen LogP contribution in [0.5, 0.6) is 5.75 Å². The molecule has 0 aromatic carbocycles. The van der Waals surface area contributed by atoms with E-state index in [4.69, 9.17) is 4.74 Å². The molecule has 0 saturated carbocycles. The highest BCUT2D eigenvalue weighted by atomic mass is 32.2. The van der Waals surface area contributed by atoms with Gasteiger partial charge in [0.1, 0.15) is 6.33 Å². The zero-order valence-electron chi connectivity index (χ0n) is 11.9. The molecule has 0 aliphatic heterocycles. The Morgan fingerprint density at radius 3 is 2.35 bits per heavy atom. The summed E-state index contributed by atoms with van der Waals surface area (Å²) in [5.41, 5.74) is 0. The third-order valence-corrected chi connectivity index (χ3v) is 3.85. The Labute approximate surface area is 119 Å². The molecule has 0 aliphatic rings. The van der Waals surface area contributed by atoms with Crippen molar-refractivity contribution in [2.24, 2.45) is 0 Å². The zero-order chi connectivity index (χ0) is 15.0. The molecular weight excluding hydrogens is 282 g/mol. The Hall–Kier alpha value is -1.61. The first-order valence-electron chi connectivity index (χ1n) is 6.38. The van der Waals surface area contributed by atoms with Gasteiger partial charge in [0.25, 0.3) is 0 Å². The highest BCUT2D eigenvalue weighted by Gasteiger charge is 2.13. The van der Waals surface area contributed by atoms with E-state index in [1.165, 1.54) is 13.4 Å². The minimum Gasteiger partial charge on any atom is -0.490 e. The molecule has 1 aromatic rings. The third kappa shape index (κ3) is 4.82. The van der Waals surface area contributed by atoms with Gasteiger partial charge in [0.05, 0.1) is 12.9 Å². The van der Waals surface area contributed by atoms with Gasteiger partial charge in [-0.3, -0.25) is 0 Å². The Balaban J connectivity index is 2.71. The molecule has 0 bridgehead atoms. The molecule has 3 N–H and O–H groups in total. The monoisotopic (exact) mass is 303 g/mol. The maximum atomic E-state index is 11.5. The fourth-order valence-corrected chi connectivity index (χ4v) is 2.54. The van der Waals surface area contributed by atoms with Gasteiger partial charge in [0.15, 0.2) is 11.6 Å². The standard InChI is InChI=1S/C11H21N5O3S/c1-4-12-10-9(19-3)11(15-8-14-10)13-6-7-20(17,18)16-5-2/h8,16H,4-7H2,1-3H3,(H2,12,13,14,15). The summed E-state index contributed by atoms with van der Waals surface area (Å²) < 4.78 is 30.7. The van der Waals surface area contributed by atoms with E-state index in [0.717, 1.165) is 0 Å². The fourth-order valence-electron chi connectivity index (χ4n) is 1.58. The van der Waals surface area contributed by atoms with Crippen molar-refractivity contribution < 1.29 is 13.2 Å². The first-order valence-corrected chi connectivity index (χ1v) is 8.03. The van der Waals surface area contributed by atoms with Crippen LogP contribution in [-0.2, 0) is 10.0 Å². The minimum atomic E-state index is -3.25. The normalized spacial score (nSPS) is 11.2. The van der Waals surface area contributed by atoms with Gasteiger partial charge in [-0.15, -0.1) is 0 Å². The number of nitrogens with one attached hydrogen (secondary N) is 3. The average Bonchev–Trinajstić information content (AvgIpc) is 2.39. The first kappa shape index (κ1) is 16.4. The molecule has 0 saturated heterocycles. The van der Waals surface area contributed by atoms with Crippen molar-refractivity contribution in [1.82, 2.24) is 14.7 Å². The van der Waals surface area contributed by atoms with Gasteiger partial charge in [0.2, 0.25) is 15.8 Å². The second-order valence-electron chi connectivity index (χ2n) is 3.88. The van der Waals surface area contributed by atoms with Crippen LogP contribution in [0.3, 0.4) is 0 Å². The Morgan fingerprint density at radius 2 is 1.80 bits per heavy atom. The molecule has 0 amide bonds. The lowest BCUT2D eigenvalue weighted by atomic mass is 10.4. The second-order valence-corrected chi connectivity index (χ2v) is 5.80. The molecule has 0 unspecified atom stereocenters. The van der Waals surface area contributed by atoms with E-state index in [1.54, 1.807) is 6.92 Å². The third-order valence-electron chi connectivity index (χ3n) is 2.38. The molecule has 8 nitrogen and oxygen atoms in total. The molecule has 1 aromatic heterocycles. The van der Waals surface area contributed by atoms with Crippen molar-refractivity contribution in [2.75, 3.05) is 43.1 Å². The molecule has 20 heavy (non-hydrogen) atoms. The fraction of sp³-hybridized carbons (Fsp3) is 0.636. The number of sulfonamides is 1. The van der Waals surface area contributed by atoms with Gasteiger partial charge in [-0.25, -0.2) is 23.1 Å². The average molecular weight is 303 g/mol. The quantitative estimate of drug-likeness (QED) is 0.601. The lowest BCUT2D eigenvalue weighted by Crippen LogP contribution is -2.29. The van der Waals surface area contributed by atoms with E-state index in [9.17, 15) is 8.42 Å². The van der Waals surface area contributed by atoms with Crippen LogP contribution in [0.4, 0.5) is 11.6 Å². The molecule has 0 spiro atoms. The summed E-state index contributed by atoms with van der Waals surface area (Å²) in [6.45, 7) is 4.98. The molecule has 1 heterocycles. The molecular formula is C11H21N5O3S. The summed E-state index contributed by atoms with van der Waals surface area (Å²) in [6, 6.07) is 0. The van der Waals surface area contributed by atoms with E-state index in [2.05, 4.69) is 25.3 Å². The van der Waals surface area contributed by atoms with Crippen LogP contribution in [0, 0.1) is 0 Å². The van der Waals surface area contributed by atoms with E-state index < -0.39 is 10.0 Å². The van der Waals surface area contributed by atoms with Crippen molar-refractivity contribution >= 4 is 21.7 Å². The lowest BCUT2D eigenvalue weighted by molar-refractivity contribution is 0.414. The van der Waals surface area contributed by atoms with E-state index in [0.29, 0.717) is 30.5 Å². The van der Waals surface area contributed by atoms with Crippen LogP contribution < -0.4 is 20.1 Å². The number of nitrogens with zero attached hydrogens (tertiary/aromatic N) is 2. The van der Waals surface area contributed by atoms with Crippen LogP contribution in [0.15, 0.2) is 6.33 Å². The number of ether oxygens (including phenoxy) is 1. The molecule has 0 atom stereocenters. The molecule has 0 radical (unpaired) electrons. The van der Waals surface area contributed by atoms with Gasteiger partial charge in [-0.2, -0.15) is 0 Å². The molecule has 0 fully saturated rings. The Kier molecular flexibility index (Phi) is 6.46. The van der Waals surface area contributed by atoms with Crippen molar-refractivity contribution in [3.8, 4) is 5.75 Å². The maximum absolute atomic E-state index is 11.5. The van der Waals surface area contributed by atoms with Crippen molar-refractivity contribution in [3.05, 3.63) is 6.33 Å². The van der Waals surface area contributed by atoms with E-state index in [-0.39, 0.29) is 12.3 Å². The smallest absolute Gasteiger partial charge is 0.213 e. The zero-order valence-corrected chi connectivity index (χ0v) is 12.7. The topological polar surface area (TPSA) is 105 Å². The summed E-state index contributed by atoms with van der Waals surface area (Å²) in [5, 5.41) is 5.99. The molecule has 114 valence electrons. The van der Waals surface area contributed by atoms with Crippen molar-refractivity contribution in [2.45, 2.75) is 13.8 Å². The number of hydrogen-bond donors (Lipinski definition) is 3. The second kappa shape index (κ2) is 7.85. The van der Waals surface area contributed by atoms with Gasteiger partial charge < -0.3 is 15.4 Å². The Bertz CT molecular complexity index is 521.